The summed E-state index contributed by atoms with van der Waals surface area (Å²) in [6.45, 7) is 0. The molecule has 0 bridgehead atoms. The molecule has 26 heavy (non-hydrogen) atoms. The van der Waals surface area contributed by atoms with Crippen LogP contribution in [0.3, 0.4) is 0 Å². The Bertz CT molecular complexity index is 1340. The maximum atomic E-state index is 11.6. The Labute approximate surface area is 146 Å². The van der Waals surface area contributed by atoms with E-state index >= 15 is 0 Å². The van der Waals surface area contributed by atoms with Gasteiger partial charge in [0.15, 0.2) is 11.3 Å². The lowest BCUT2D eigenvalue weighted by molar-refractivity contribution is 0.430. The summed E-state index contributed by atoms with van der Waals surface area (Å²) >= 11 is 0. The van der Waals surface area contributed by atoms with E-state index in [2.05, 4.69) is 15.2 Å². The van der Waals surface area contributed by atoms with Crippen LogP contribution in [-0.4, -0.2) is 24.5 Å². The third-order valence-electron chi connectivity index (χ3n) is 4.44. The van der Waals surface area contributed by atoms with Crippen molar-refractivity contribution in [2.75, 3.05) is 0 Å². The molecule has 0 N–H and O–H groups in total. The van der Waals surface area contributed by atoms with E-state index in [0.29, 0.717) is 34.1 Å². The molecule has 0 aliphatic rings. The average Bonchev–Trinajstić information content (AvgIpc) is 3.33. The molecule has 5 aromatic rings. The van der Waals surface area contributed by atoms with Crippen molar-refractivity contribution in [3.63, 3.8) is 0 Å². The highest BCUT2D eigenvalue weighted by molar-refractivity contribution is 5.91. The number of hydrogen-bond acceptors (Lipinski definition) is 6. The Morgan fingerprint density at radius 2 is 1.88 bits per heavy atom. The zero-order valence-corrected chi connectivity index (χ0v) is 14.0. The average molecular weight is 347 g/mol. The molecule has 3 heterocycles. The van der Waals surface area contributed by atoms with Gasteiger partial charge in [0.1, 0.15) is 0 Å². The van der Waals surface area contributed by atoms with E-state index in [1.807, 2.05) is 37.4 Å². The first-order valence-corrected chi connectivity index (χ1v) is 7.97. The summed E-state index contributed by atoms with van der Waals surface area (Å²) in [6, 6.07) is 13.2. The fourth-order valence-corrected chi connectivity index (χ4v) is 3.08. The number of aryl methyl sites for hydroxylation is 2. The van der Waals surface area contributed by atoms with Gasteiger partial charge in [-0.2, -0.15) is 10.1 Å². The van der Waals surface area contributed by atoms with Crippen LogP contribution in [0.1, 0.15) is 0 Å². The SMILES string of the molecule is Cn1nc(-c2nc(-c3ccc4c(c3)oc(=O)n4C)no2)c2ccccc21. The fraction of sp³-hybridized carbons (Fsp3) is 0.111. The van der Waals surface area contributed by atoms with E-state index in [0.717, 1.165) is 10.9 Å². The third-order valence-corrected chi connectivity index (χ3v) is 4.44. The van der Waals surface area contributed by atoms with Gasteiger partial charge >= 0.3 is 5.76 Å². The lowest BCUT2D eigenvalue weighted by Gasteiger charge is -1.94. The van der Waals surface area contributed by atoms with Crippen molar-refractivity contribution in [2.45, 2.75) is 0 Å². The number of aromatic nitrogens is 5. The maximum Gasteiger partial charge on any atom is 0.419 e. The standard InChI is InChI=1S/C18H13N5O3/c1-22-13-8-7-10(9-14(13)25-18(22)24)16-19-17(26-21-16)15-11-5-3-4-6-12(11)23(2)20-15/h3-9H,1-2H3. The molecule has 0 aliphatic heterocycles. The highest BCUT2D eigenvalue weighted by atomic mass is 16.5. The fourth-order valence-electron chi connectivity index (χ4n) is 3.08. The molecule has 8 heteroatoms. The number of fused-ring (bicyclic) bond motifs is 2. The lowest BCUT2D eigenvalue weighted by atomic mass is 10.2. The van der Waals surface area contributed by atoms with Crippen molar-refractivity contribution in [3.8, 4) is 23.0 Å². The minimum Gasteiger partial charge on any atom is -0.408 e. The van der Waals surface area contributed by atoms with Crippen molar-refractivity contribution in [2.24, 2.45) is 14.1 Å². The highest BCUT2D eigenvalue weighted by Crippen LogP contribution is 2.28. The molecule has 0 aliphatic carbocycles. The van der Waals surface area contributed by atoms with Crippen LogP contribution in [0.5, 0.6) is 0 Å². The Balaban J connectivity index is 1.63. The van der Waals surface area contributed by atoms with Crippen LogP contribution >= 0.6 is 0 Å². The summed E-state index contributed by atoms with van der Waals surface area (Å²) in [5.74, 6) is 0.334. The summed E-state index contributed by atoms with van der Waals surface area (Å²) in [5.41, 5.74) is 3.49. The van der Waals surface area contributed by atoms with Crippen LogP contribution < -0.4 is 5.76 Å². The molecular weight excluding hydrogens is 334 g/mol. The molecular formula is C18H13N5O3. The van der Waals surface area contributed by atoms with E-state index in [1.54, 1.807) is 23.9 Å². The van der Waals surface area contributed by atoms with Gasteiger partial charge in [0.25, 0.3) is 5.89 Å². The topological polar surface area (TPSA) is 91.9 Å². The number of rotatable bonds is 2. The van der Waals surface area contributed by atoms with Crippen LogP contribution in [0.4, 0.5) is 0 Å². The maximum absolute atomic E-state index is 11.6. The largest absolute Gasteiger partial charge is 0.419 e. The Morgan fingerprint density at radius 1 is 1.04 bits per heavy atom. The molecule has 2 aromatic carbocycles. The van der Waals surface area contributed by atoms with E-state index in [1.165, 1.54) is 4.57 Å². The molecule has 3 aromatic heterocycles. The number of oxazole rings is 1. The van der Waals surface area contributed by atoms with Gasteiger partial charge < -0.3 is 8.94 Å². The summed E-state index contributed by atoms with van der Waals surface area (Å²) < 4.78 is 13.9. The molecule has 0 atom stereocenters. The minimum absolute atomic E-state index is 0.339. The van der Waals surface area contributed by atoms with Gasteiger partial charge in [-0.15, -0.1) is 0 Å². The Hall–Kier alpha value is -3.68. The zero-order chi connectivity index (χ0) is 17.8. The molecule has 0 spiro atoms. The van der Waals surface area contributed by atoms with Crippen molar-refractivity contribution in [1.29, 1.82) is 0 Å². The first-order chi connectivity index (χ1) is 12.6. The van der Waals surface area contributed by atoms with Gasteiger partial charge in [0.05, 0.1) is 11.0 Å². The van der Waals surface area contributed by atoms with Gasteiger partial charge in [0, 0.05) is 25.0 Å². The number of benzene rings is 2. The predicted octanol–water partition coefficient (Wildman–Crippen LogP) is 2.74. The Kier molecular flexibility index (Phi) is 2.90. The lowest BCUT2D eigenvalue weighted by Crippen LogP contribution is -2.08. The molecule has 5 rings (SSSR count). The second-order valence-corrected chi connectivity index (χ2v) is 6.02. The summed E-state index contributed by atoms with van der Waals surface area (Å²) in [7, 11) is 3.53. The smallest absolute Gasteiger partial charge is 0.408 e. The molecule has 8 nitrogen and oxygen atoms in total. The highest BCUT2D eigenvalue weighted by Gasteiger charge is 2.18. The molecule has 0 saturated carbocycles. The van der Waals surface area contributed by atoms with Crippen LogP contribution in [0.25, 0.3) is 45.0 Å². The van der Waals surface area contributed by atoms with E-state index in [4.69, 9.17) is 8.94 Å². The van der Waals surface area contributed by atoms with Gasteiger partial charge in [-0.3, -0.25) is 9.25 Å². The zero-order valence-electron chi connectivity index (χ0n) is 14.0. The van der Waals surface area contributed by atoms with Crippen molar-refractivity contribution in [3.05, 3.63) is 53.0 Å². The monoisotopic (exact) mass is 347 g/mol. The van der Waals surface area contributed by atoms with Crippen molar-refractivity contribution >= 4 is 22.0 Å². The molecule has 0 unspecified atom stereocenters. The minimum atomic E-state index is -0.411. The molecule has 0 fully saturated rings. The number of hydrogen-bond donors (Lipinski definition) is 0. The van der Waals surface area contributed by atoms with Gasteiger partial charge in [-0.05, 0) is 24.3 Å². The quantitative estimate of drug-likeness (QED) is 0.487. The van der Waals surface area contributed by atoms with E-state index in [9.17, 15) is 4.79 Å². The van der Waals surface area contributed by atoms with E-state index in [-0.39, 0.29) is 0 Å². The summed E-state index contributed by atoms with van der Waals surface area (Å²) in [5, 5.41) is 9.48. The molecule has 0 saturated heterocycles. The molecule has 0 radical (unpaired) electrons. The van der Waals surface area contributed by atoms with Gasteiger partial charge in [-0.1, -0.05) is 23.4 Å². The second kappa shape index (κ2) is 5.16. The Morgan fingerprint density at radius 3 is 2.77 bits per heavy atom. The van der Waals surface area contributed by atoms with Crippen molar-refractivity contribution < 1.29 is 8.94 Å². The number of nitrogens with zero attached hydrogens (tertiary/aromatic N) is 5. The summed E-state index contributed by atoms with van der Waals surface area (Å²) in [4.78, 5) is 16.1. The normalized spacial score (nSPS) is 11.6. The van der Waals surface area contributed by atoms with Crippen LogP contribution in [0.15, 0.2) is 56.2 Å². The van der Waals surface area contributed by atoms with Crippen LogP contribution in [0, 0.1) is 0 Å². The summed E-state index contributed by atoms with van der Waals surface area (Å²) in [6.07, 6.45) is 0. The first kappa shape index (κ1) is 14.6. The van der Waals surface area contributed by atoms with Gasteiger partial charge in [0.2, 0.25) is 5.82 Å². The van der Waals surface area contributed by atoms with Gasteiger partial charge in [-0.25, -0.2) is 4.79 Å². The second-order valence-electron chi connectivity index (χ2n) is 6.02. The molecule has 0 amide bonds. The first-order valence-electron chi connectivity index (χ1n) is 7.97. The predicted molar refractivity (Wildman–Crippen MR) is 94.5 cm³/mol. The number of para-hydroxylation sites is 1. The van der Waals surface area contributed by atoms with Crippen molar-refractivity contribution in [1.82, 2.24) is 24.5 Å². The van der Waals surface area contributed by atoms with Crippen LogP contribution in [-0.2, 0) is 14.1 Å². The van der Waals surface area contributed by atoms with E-state index < -0.39 is 5.76 Å². The third kappa shape index (κ3) is 2.02. The molecule has 128 valence electrons. The van der Waals surface area contributed by atoms with Crippen LogP contribution in [0.2, 0.25) is 0 Å².